The Morgan fingerprint density at radius 2 is 2.40 bits per heavy atom. The van der Waals surface area contributed by atoms with Gasteiger partial charge in [0, 0.05) is 7.05 Å². The molecule has 2 N–H and O–H groups in total. The Balaban J connectivity index is 2.08. The average molecular weight is 209 g/mol. The van der Waals surface area contributed by atoms with E-state index >= 15 is 0 Å². The molecule has 0 amide bonds. The highest BCUT2D eigenvalue weighted by atomic mass is 16.5. The van der Waals surface area contributed by atoms with Gasteiger partial charge >= 0.3 is 0 Å². The molecule has 1 fully saturated rings. The van der Waals surface area contributed by atoms with E-state index < -0.39 is 0 Å². The Bertz CT molecular complexity index is 331. The number of rotatable bonds is 4. The fourth-order valence-corrected chi connectivity index (χ4v) is 2.21. The lowest BCUT2D eigenvalue weighted by atomic mass is 9.80. The largest absolute Gasteiger partial charge is 0.493 e. The maximum Gasteiger partial charge on any atom is 0.161 e. The van der Waals surface area contributed by atoms with Gasteiger partial charge in [-0.2, -0.15) is 5.10 Å². The van der Waals surface area contributed by atoms with E-state index in [1.165, 1.54) is 19.3 Å². The SMILES string of the molecule is COc1cnn(C)c1C(N)CC1CCC1. The average Bonchev–Trinajstić information content (AvgIpc) is 2.53. The van der Waals surface area contributed by atoms with Crippen molar-refractivity contribution >= 4 is 0 Å². The fraction of sp³-hybridized carbons (Fsp3) is 0.727. The first-order valence-electron chi connectivity index (χ1n) is 5.54. The van der Waals surface area contributed by atoms with E-state index in [9.17, 15) is 0 Å². The molecule has 1 saturated carbocycles. The van der Waals surface area contributed by atoms with Crippen LogP contribution in [-0.2, 0) is 7.05 Å². The van der Waals surface area contributed by atoms with Gasteiger partial charge in [-0.15, -0.1) is 0 Å². The number of aromatic nitrogens is 2. The van der Waals surface area contributed by atoms with Crippen LogP contribution in [0.3, 0.4) is 0 Å². The predicted molar refractivity (Wildman–Crippen MR) is 58.6 cm³/mol. The number of hydrogen-bond donors (Lipinski definition) is 1. The molecule has 1 aromatic heterocycles. The van der Waals surface area contributed by atoms with Crippen molar-refractivity contribution in [2.24, 2.45) is 18.7 Å². The van der Waals surface area contributed by atoms with Crippen LogP contribution < -0.4 is 10.5 Å². The van der Waals surface area contributed by atoms with Crippen LogP contribution in [0, 0.1) is 5.92 Å². The van der Waals surface area contributed by atoms with Crippen molar-refractivity contribution in [3.8, 4) is 5.75 Å². The molecular weight excluding hydrogens is 190 g/mol. The Labute approximate surface area is 90.4 Å². The summed E-state index contributed by atoms with van der Waals surface area (Å²) >= 11 is 0. The zero-order chi connectivity index (χ0) is 10.8. The second-order valence-corrected chi connectivity index (χ2v) is 4.36. The lowest BCUT2D eigenvalue weighted by Gasteiger charge is -2.28. The molecule has 1 aromatic rings. The van der Waals surface area contributed by atoms with Crippen LogP contribution >= 0.6 is 0 Å². The molecule has 0 aliphatic heterocycles. The minimum absolute atomic E-state index is 0.0535. The molecule has 1 aliphatic rings. The van der Waals surface area contributed by atoms with Crippen molar-refractivity contribution in [1.82, 2.24) is 9.78 Å². The Hall–Kier alpha value is -1.03. The quantitative estimate of drug-likeness (QED) is 0.819. The summed E-state index contributed by atoms with van der Waals surface area (Å²) in [5.74, 6) is 1.61. The van der Waals surface area contributed by atoms with E-state index in [0.29, 0.717) is 0 Å². The Morgan fingerprint density at radius 3 is 2.93 bits per heavy atom. The van der Waals surface area contributed by atoms with Crippen LogP contribution in [0.1, 0.15) is 37.4 Å². The number of ether oxygens (including phenoxy) is 1. The highest BCUT2D eigenvalue weighted by molar-refractivity contribution is 5.27. The van der Waals surface area contributed by atoms with Gasteiger partial charge in [0.15, 0.2) is 5.75 Å². The number of hydrogen-bond acceptors (Lipinski definition) is 3. The second kappa shape index (κ2) is 4.23. The third-order valence-electron chi connectivity index (χ3n) is 3.33. The maximum absolute atomic E-state index is 6.19. The molecule has 0 spiro atoms. The van der Waals surface area contributed by atoms with Crippen LogP contribution in [0.4, 0.5) is 0 Å². The summed E-state index contributed by atoms with van der Waals surface area (Å²) in [5.41, 5.74) is 7.20. The number of methoxy groups -OCH3 is 1. The van der Waals surface area contributed by atoms with Gasteiger partial charge in [0.1, 0.15) is 0 Å². The van der Waals surface area contributed by atoms with E-state index in [-0.39, 0.29) is 6.04 Å². The summed E-state index contributed by atoms with van der Waals surface area (Å²) in [6.07, 6.45) is 6.80. The van der Waals surface area contributed by atoms with Crippen LogP contribution in [0.2, 0.25) is 0 Å². The standard InChI is InChI=1S/C11H19N3O/c1-14-11(10(15-2)7-13-14)9(12)6-8-4-3-5-8/h7-9H,3-6,12H2,1-2H3. The highest BCUT2D eigenvalue weighted by Gasteiger charge is 2.24. The van der Waals surface area contributed by atoms with E-state index in [4.69, 9.17) is 10.5 Å². The first kappa shape index (κ1) is 10.5. The van der Waals surface area contributed by atoms with E-state index in [1.807, 2.05) is 11.7 Å². The summed E-state index contributed by atoms with van der Waals surface area (Å²) in [6, 6.07) is 0.0535. The van der Waals surface area contributed by atoms with Crippen molar-refractivity contribution in [2.45, 2.75) is 31.7 Å². The first-order chi connectivity index (χ1) is 7.22. The van der Waals surface area contributed by atoms with E-state index in [0.717, 1.165) is 23.8 Å². The molecule has 4 nitrogen and oxygen atoms in total. The summed E-state index contributed by atoms with van der Waals surface area (Å²) in [4.78, 5) is 0. The van der Waals surface area contributed by atoms with Crippen molar-refractivity contribution in [2.75, 3.05) is 7.11 Å². The molecule has 0 aromatic carbocycles. The summed E-state index contributed by atoms with van der Waals surface area (Å²) in [7, 11) is 3.58. The molecule has 0 bridgehead atoms. The van der Waals surface area contributed by atoms with Crippen LogP contribution in [0.5, 0.6) is 5.75 Å². The smallest absolute Gasteiger partial charge is 0.161 e. The molecule has 15 heavy (non-hydrogen) atoms. The van der Waals surface area contributed by atoms with Crippen molar-refractivity contribution < 1.29 is 4.74 Å². The van der Waals surface area contributed by atoms with Crippen LogP contribution in [0.15, 0.2) is 6.20 Å². The van der Waals surface area contributed by atoms with Crippen molar-refractivity contribution in [3.63, 3.8) is 0 Å². The molecule has 0 saturated heterocycles. The Morgan fingerprint density at radius 1 is 1.67 bits per heavy atom. The molecule has 1 unspecified atom stereocenters. The normalized spacial score (nSPS) is 18.6. The van der Waals surface area contributed by atoms with Crippen LogP contribution in [0.25, 0.3) is 0 Å². The zero-order valence-corrected chi connectivity index (χ0v) is 9.44. The van der Waals surface area contributed by atoms with Gasteiger partial charge in [-0.25, -0.2) is 0 Å². The first-order valence-corrected chi connectivity index (χ1v) is 5.54. The molecule has 1 aliphatic carbocycles. The van der Waals surface area contributed by atoms with Crippen molar-refractivity contribution in [1.29, 1.82) is 0 Å². The summed E-state index contributed by atoms with van der Waals surface area (Å²) < 4.78 is 7.08. The van der Waals surface area contributed by atoms with Gasteiger partial charge in [-0.05, 0) is 12.3 Å². The van der Waals surface area contributed by atoms with Crippen LogP contribution in [-0.4, -0.2) is 16.9 Å². The third-order valence-corrected chi connectivity index (χ3v) is 3.33. The minimum Gasteiger partial charge on any atom is -0.493 e. The molecule has 0 radical (unpaired) electrons. The lowest BCUT2D eigenvalue weighted by molar-refractivity contribution is 0.271. The number of nitrogens with two attached hydrogens (primary N) is 1. The van der Waals surface area contributed by atoms with Gasteiger partial charge in [0.05, 0.1) is 25.0 Å². The maximum atomic E-state index is 6.19. The summed E-state index contributed by atoms with van der Waals surface area (Å²) in [5, 5.41) is 4.17. The van der Waals surface area contributed by atoms with Gasteiger partial charge in [0.25, 0.3) is 0 Å². The molecular formula is C11H19N3O. The zero-order valence-electron chi connectivity index (χ0n) is 9.44. The monoisotopic (exact) mass is 209 g/mol. The molecule has 84 valence electrons. The van der Waals surface area contributed by atoms with E-state index in [2.05, 4.69) is 5.10 Å². The molecule has 1 atom stereocenters. The molecule has 2 rings (SSSR count). The number of aryl methyl sites for hydroxylation is 1. The highest BCUT2D eigenvalue weighted by Crippen LogP contribution is 2.35. The minimum atomic E-state index is 0.0535. The van der Waals surface area contributed by atoms with Gasteiger partial charge in [0.2, 0.25) is 0 Å². The molecule has 4 heteroatoms. The summed E-state index contributed by atoms with van der Waals surface area (Å²) in [6.45, 7) is 0. The predicted octanol–water partition coefficient (Wildman–Crippen LogP) is 1.62. The second-order valence-electron chi connectivity index (χ2n) is 4.36. The number of nitrogens with zero attached hydrogens (tertiary/aromatic N) is 2. The Kier molecular flexibility index (Phi) is 2.95. The van der Waals surface area contributed by atoms with Gasteiger partial charge in [-0.1, -0.05) is 19.3 Å². The molecule has 1 heterocycles. The van der Waals surface area contributed by atoms with Gasteiger partial charge < -0.3 is 10.5 Å². The third kappa shape index (κ3) is 2.00. The fourth-order valence-electron chi connectivity index (χ4n) is 2.21. The van der Waals surface area contributed by atoms with Crippen molar-refractivity contribution in [3.05, 3.63) is 11.9 Å². The lowest BCUT2D eigenvalue weighted by Crippen LogP contribution is -2.22. The van der Waals surface area contributed by atoms with E-state index in [1.54, 1.807) is 13.3 Å². The van der Waals surface area contributed by atoms with Gasteiger partial charge in [-0.3, -0.25) is 4.68 Å². The topological polar surface area (TPSA) is 53.1 Å².